The molecule has 10 heteroatoms. The molecule has 0 atom stereocenters. The molecule has 2 N–H and O–H groups in total. The molecule has 1 aliphatic rings. The lowest BCUT2D eigenvalue weighted by Crippen LogP contribution is -2.39. The van der Waals surface area contributed by atoms with Crippen molar-refractivity contribution in [1.82, 2.24) is 14.9 Å². The molecular formula is C22H24N6O4. The van der Waals surface area contributed by atoms with Gasteiger partial charge in [-0.3, -0.25) is 15.0 Å². The molecule has 1 aliphatic heterocycles. The van der Waals surface area contributed by atoms with E-state index in [-0.39, 0.29) is 17.3 Å². The van der Waals surface area contributed by atoms with Crippen molar-refractivity contribution < 1.29 is 14.4 Å². The molecule has 4 rings (SSSR count). The summed E-state index contributed by atoms with van der Waals surface area (Å²) >= 11 is 0. The number of nitro groups is 1. The molecule has 2 heterocycles. The summed E-state index contributed by atoms with van der Waals surface area (Å²) in [6, 6.07) is 16.5. The number of nitrogens with zero attached hydrogens (tertiary/aromatic N) is 4. The molecule has 3 aromatic rings. The number of anilines is 3. The van der Waals surface area contributed by atoms with Crippen molar-refractivity contribution in [1.29, 1.82) is 0 Å². The van der Waals surface area contributed by atoms with E-state index in [9.17, 15) is 10.1 Å². The first-order chi connectivity index (χ1) is 15.7. The van der Waals surface area contributed by atoms with Crippen LogP contribution in [0.4, 0.5) is 23.0 Å². The molecule has 10 nitrogen and oxygen atoms in total. The molecule has 0 spiro atoms. The Bertz CT molecular complexity index is 1030. The Morgan fingerprint density at radius 1 is 1.00 bits per heavy atom. The topological polar surface area (TPSA) is 115 Å². The molecular weight excluding hydrogens is 412 g/mol. The molecule has 0 aliphatic carbocycles. The first-order valence-electron chi connectivity index (χ1n) is 10.3. The van der Waals surface area contributed by atoms with E-state index >= 15 is 0 Å². The summed E-state index contributed by atoms with van der Waals surface area (Å²) in [7, 11) is 0. The summed E-state index contributed by atoms with van der Waals surface area (Å²) in [6.45, 7) is 4.39. The van der Waals surface area contributed by atoms with Crippen LogP contribution >= 0.6 is 0 Å². The fraction of sp³-hybridized carbons (Fsp3) is 0.273. The highest BCUT2D eigenvalue weighted by atomic mass is 16.6. The van der Waals surface area contributed by atoms with Crippen molar-refractivity contribution >= 4 is 23.0 Å². The van der Waals surface area contributed by atoms with Gasteiger partial charge in [0.25, 0.3) is 0 Å². The Morgan fingerprint density at radius 2 is 1.69 bits per heavy atom. The molecule has 0 amide bonds. The molecule has 2 aromatic carbocycles. The maximum absolute atomic E-state index is 11.8. The molecule has 0 bridgehead atoms. The van der Waals surface area contributed by atoms with E-state index in [1.54, 1.807) is 24.3 Å². The summed E-state index contributed by atoms with van der Waals surface area (Å²) < 4.78 is 11.1. The third-order valence-corrected chi connectivity index (χ3v) is 4.92. The van der Waals surface area contributed by atoms with E-state index < -0.39 is 4.92 Å². The zero-order chi connectivity index (χ0) is 22.2. The van der Waals surface area contributed by atoms with Gasteiger partial charge in [0.2, 0.25) is 11.6 Å². The summed E-state index contributed by atoms with van der Waals surface area (Å²) in [5.41, 5.74) is 0.450. The van der Waals surface area contributed by atoms with Gasteiger partial charge in [0, 0.05) is 31.9 Å². The van der Waals surface area contributed by atoms with Gasteiger partial charge in [0.15, 0.2) is 0 Å². The zero-order valence-electron chi connectivity index (χ0n) is 17.4. The molecule has 1 aromatic heterocycles. The van der Waals surface area contributed by atoms with Crippen molar-refractivity contribution in [2.75, 3.05) is 50.0 Å². The summed E-state index contributed by atoms with van der Waals surface area (Å²) in [6.07, 6.45) is 1.30. The predicted octanol–water partition coefficient (Wildman–Crippen LogP) is 3.66. The van der Waals surface area contributed by atoms with Gasteiger partial charge in [-0.1, -0.05) is 18.2 Å². The molecule has 0 radical (unpaired) electrons. The number of morpholine rings is 1. The van der Waals surface area contributed by atoms with Crippen LogP contribution in [-0.4, -0.2) is 59.2 Å². The minimum Gasteiger partial charge on any atom is -0.457 e. The molecule has 166 valence electrons. The summed E-state index contributed by atoms with van der Waals surface area (Å²) in [5, 5.41) is 17.8. The summed E-state index contributed by atoms with van der Waals surface area (Å²) in [5.74, 6) is 1.69. The second-order valence-corrected chi connectivity index (χ2v) is 7.12. The highest BCUT2D eigenvalue weighted by molar-refractivity contribution is 5.73. The first kappa shape index (κ1) is 21.5. The molecule has 1 fully saturated rings. The van der Waals surface area contributed by atoms with Crippen molar-refractivity contribution in [3.8, 4) is 11.5 Å². The SMILES string of the molecule is O=[N+]([O-])c1c(NCCN2CCOCC2)ncnc1Nc1ccc(Oc2ccccc2)cc1. The minimum atomic E-state index is -0.480. The van der Waals surface area contributed by atoms with Gasteiger partial charge in [-0.2, -0.15) is 0 Å². The Morgan fingerprint density at radius 3 is 2.41 bits per heavy atom. The van der Waals surface area contributed by atoms with Gasteiger partial charge in [0.1, 0.15) is 17.8 Å². The van der Waals surface area contributed by atoms with E-state index in [4.69, 9.17) is 9.47 Å². The third kappa shape index (κ3) is 5.68. The quantitative estimate of drug-likeness (QED) is 0.383. The number of aromatic nitrogens is 2. The Labute approximate surface area is 185 Å². The van der Waals surface area contributed by atoms with Gasteiger partial charge >= 0.3 is 5.69 Å². The fourth-order valence-corrected chi connectivity index (χ4v) is 3.30. The molecule has 0 unspecified atom stereocenters. The minimum absolute atomic E-state index is 0.121. The highest BCUT2D eigenvalue weighted by Gasteiger charge is 2.23. The predicted molar refractivity (Wildman–Crippen MR) is 121 cm³/mol. The number of ether oxygens (including phenoxy) is 2. The Balaban J connectivity index is 1.42. The lowest BCUT2D eigenvalue weighted by molar-refractivity contribution is -0.383. The first-order valence-corrected chi connectivity index (χ1v) is 10.3. The van der Waals surface area contributed by atoms with Crippen LogP contribution in [0.1, 0.15) is 0 Å². The van der Waals surface area contributed by atoms with Crippen LogP contribution in [0, 0.1) is 10.1 Å². The lowest BCUT2D eigenvalue weighted by atomic mass is 10.3. The molecule has 0 saturated carbocycles. The van der Waals surface area contributed by atoms with Crippen molar-refractivity contribution in [2.45, 2.75) is 0 Å². The number of rotatable bonds is 9. The number of hydrogen-bond acceptors (Lipinski definition) is 9. The highest BCUT2D eigenvalue weighted by Crippen LogP contribution is 2.32. The van der Waals surface area contributed by atoms with Crippen LogP contribution in [0.3, 0.4) is 0 Å². The average molecular weight is 436 g/mol. The third-order valence-electron chi connectivity index (χ3n) is 4.92. The van der Waals surface area contributed by atoms with Crippen LogP contribution in [0.2, 0.25) is 0 Å². The Kier molecular flexibility index (Phi) is 7.05. The van der Waals surface area contributed by atoms with E-state index in [1.165, 1.54) is 6.33 Å². The monoisotopic (exact) mass is 436 g/mol. The van der Waals surface area contributed by atoms with E-state index in [0.717, 1.165) is 25.4 Å². The molecule has 1 saturated heterocycles. The largest absolute Gasteiger partial charge is 0.457 e. The smallest absolute Gasteiger partial charge is 0.353 e. The van der Waals surface area contributed by atoms with Crippen molar-refractivity contribution in [3.63, 3.8) is 0 Å². The fourth-order valence-electron chi connectivity index (χ4n) is 3.30. The van der Waals surface area contributed by atoms with E-state index in [0.29, 0.717) is 31.2 Å². The zero-order valence-corrected chi connectivity index (χ0v) is 17.4. The van der Waals surface area contributed by atoms with Crippen LogP contribution < -0.4 is 15.4 Å². The maximum Gasteiger partial charge on any atom is 0.353 e. The van der Waals surface area contributed by atoms with Crippen LogP contribution in [0.15, 0.2) is 60.9 Å². The number of nitrogens with one attached hydrogen (secondary N) is 2. The van der Waals surface area contributed by atoms with Gasteiger partial charge in [-0.15, -0.1) is 0 Å². The van der Waals surface area contributed by atoms with Crippen molar-refractivity contribution in [3.05, 3.63) is 71.0 Å². The summed E-state index contributed by atoms with van der Waals surface area (Å²) in [4.78, 5) is 21.7. The van der Waals surface area contributed by atoms with Crippen molar-refractivity contribution in [2.24, 2.45) is 0 Å². The van der Waals surface area contributed by atoms with Gasteiger partial charge in [-0.05, 0) is 36.4 Å². The van der Waals surface area contributed by atoms with Crippen LogP contribution in [-0.2, 0) is 4.74 Å². The van der Waals surface area contributed by atoms with Gasteiger partial charge in [-0.25, -0.2) is 9.97 Å². The van der Waals surface area contributed by atoms with E-state index in [1.807, 2.05) is 30.3 Å². The lowest BCUT2D eigenvalue weighted by Gasteiger charge is -2.26. The number of benzene rings is 2. The molecule has 32 heavy (non-hydrogen) atoms. The maximum atomic E-state index is 11.8. The van der Waals surface area contributed by atoms with Gasteiger partial charge < -0.3 is 20.1 Å². The van der Waals surface area contributed by atoms with E-state index in [2.05, 4.69) is 25.5 Å². The second-order valence-electron chi connectivity index (χ2n) is 7.12. The normalized spacial score (nSPS) is 14.0. The average Bonchev–Trinajstić information content (AvgIpc) is 2.82. The number of hydrogen-bond donors (Lipinski definition) is 2. The second kappa shape index (κ2) is 10.5. The Hall–Kier alpha value is -3.76. The number of para-hydroxylation sites is 1. The standard InChI is InChI=1S/C22H24N6O4/c29-28(30)20-21(23-10-11-27-12-14-31-15-13-27)24-16-25-22(20)26-17-6-8-19(9-7-17)32-18-4-2-1-3-5-18/h1-9,16H,10-15H2,(H2,23,24,25,26). The van der Waals surface area contributed by atoms with Gasteiger partial charge in [0.05, 0.1) is 18.1 Å². The van der Waals surface area contributed by atoms with Crippen LogP contribution in [0.5, 0.6) is 11.5 Å². The van der Waals surface area contributed by atoms with Crippen LogP contribution in [0.25, 0.3) is 0 Å².